The summed E-state index contributed by atoms with van der Waals surface area (Å²) in [6.07, 6.45) is 0.668. The van der Waals surface area contributed by atoms with Crippen LogP contribution in [-0.2, 0) is 14.3 Å². The highest BCUT2D eigenvalue weighted by molar-refractivity contribution is 6.03. The van der Waals surface area contributed by atoms with Crippen LogP contribution in [0.25, 0.3) is 0 Å². The van der Waals surface area contributed by atoms with Gasteiger partial charge >= 0.3 is 11.9 Å². The van der Waals surface area contributed by atoms with Gasteiger partial charge in [0.2, 0.25) is 0 Å². The van der Waals surface area contributed by atoms with Crippen molar-refractivity contribution in [2.75, 3.05) is 32.8 Å². The Hall–Kier alpha value is -3.88. The quantitative estimate of drug-likeness (QED) is 0.490. The molecule has 30 heavy (non-hydrogen) atoms. The number of ether oxygens (including phenoxy) is 4. The van der Waals surface area contributed by atoms with Crippen LogP contribution in [0.3, 0.4) is 0 Å². The van der Waals surface area contributed by atoms with E-state index in [2.05, 4.69) is 10.1 Å². The number of nitrogens with one attached hydrogen (secondary N) is 1. The smallest absolute Gasteiger partial charge is 0.339 e. The SMILES string of the molecule is CCOc1cc(C=O)ccc1OCC(=O)Nc1cc(C(=O)OC)ccc1C(=O)OC. The van der Waals surface area contributed by atoms with Crippen molar-refractivity contribution in [2.45, 2.75) is 6.92 Å². The van der Waals surface area contributed by atoms with E-state index in [-0.39, 0.29) is 22.6 Å². The zero-order valence-electron chi connectivity index (χ0n) is 16.7. The first-order valence-electron chi connectivity index (χ1n) is 8.88. The molecule has 9 heteroatoms. The third-order valence-electron chi connectivity index (χ3n) is 3.88. The molecule has 0 atom stereocenters. The number of rotatable bonds is 9. The Kier molecular flexibility index (Phi) is 7.92. The van der Waals surface area contributed by atoms with Crippen molar-refractivity contribution in [3.05, 3.63) is 53.1 Å². The Bertz CT molecular complexity index is 954. The van der Waals surface area contributed by atoms with Crippen molar-refractivity contribution >= 4 is 29.8 Å². The number of hydrogen-bond acceptors (Lipinski definition) is 8. The molecule has 0 saturated heterocycles. The van der Waals surface area contributed by atoms with E-state index in [1.165, 1.54) is 50.6 Å². The Morgan fingerprint density at radius 1 is 0.933 bits per heavy atom. The second-order valence-corrected chi connectivity index (χ2v) is 5.84. The van der Waals surface area contributed by atoms with Crippen molar-refractivity contribution < 1.29 is 38.1 Å². The highest BCUT2D eigenvalue weighted by atomic mass is 16.5. The molecule has 2 rings (SSSR count). The first kappa shape index (κ1) is 22.4. The van der Waals surface area contributed by atoms with Crippen molar-refractivity contribution in [2.24, 2.45) is 0 Å². The molecule has 1 amide bonds. The normalized spacial score (nSPS) is 9.97. The van der Waals surface area contributed by atoms with Gasteiger partial charge in [0, 0.05) is 5.56 Å². The molecule has 0 aromatic heterocycles. The van der Waals surface area contributed by atoms with Gasteiger partial charge in [-0.05, 0) is 43.3 Å². The van der Waals surface area contributed by atoms with E-state index in [0.29, 0.717) is 24.2 Å². The molecule has 9 nitrogen and oxygen atoms in total. The van der Waals surface area contributed by atoms with Crippen LogP contribution in [0.2, 0.25) is 0 Å². The summed E-state index contributed by atoms with van der Waals surface area (Å²) >= 11 is 0. The molecule has 158 valence electrons. The van der Waals surface area contributed by atoms with Crippen LogP contribution in [-0.4, -0.2) is 51.6 Å². The standard InChI is InChI=1S/C21H21NO8/c1-4-29-18-9-13(11-23)5-8-17(18)30-12-19(24)22-16-10-14(20(25)27-2)6-7-15(16)21(26)28-3/h5-11H,4,12H2,1-3H3,(H,22,24). The van der Waals surface area contributed by atoms with E-state index >= 15 is 0 Å². The van der Waals surface area contributed by atoms with E-state index in [4.69, 9.17) is 14.2 Å². The van der Waals surface area contributed by atoms with Crippen molar-refractivity contribution in [3.8, 4) is 11.5 Å². The second kappa shape index (κ2) is 10.6. The van der Waals surface area contributed by atoms with Crippen LogP contribution in [0.15, 0.2) is 36.4 Å². The van der Waals surface area contributed by atoms with Gasteiger partial charge < -0.3 is 24.3 Å². The van der Waals surface area contributed by atoms with Gasteiger partial charge in [-0.2, -0.15) is 0 Å². The number of esters is 2. The van der Waals surface area contributed by atoms with Gasteiger partial charge in [-0.25, -0.2) is 9.59 Å². The molecule has 0 aliphatic carbocycles. The van der Waals surface area contributed by atoms with Crippen molar-refractivity contribution in [1.82, 2.24) is 0 Å². The molecule has 2 aromatic carbocycles. The van der Waals surface area contributed by atoms with Gasteiger partial charge in [-0.1, -0.05) is 0 Å². The largest absolute Gasteiger partial charge is 0.490 e. The number of benzene rings is 2. The summed E-state index contributed by atoms with van der Waals surface area (Å²) in [5.74, 6) is -1.32. The van der Waals surface area contributed by atoms with E-state index in [0.717, 1.165) is 0 Å². The van der Waals surface area contributed by atoms with E-state index < -0.39 is 24.5 Å². The molecule has 1 N–H and O–H groups in total. The maximum Gasteiger partial charge on any atom is 0.339 e. The summed E-state index contributed by atoms with van der Waals surface area (Å²) in [6, 6.07) is 8.57. The van der Waals surface area contributed by atoms with Crippen molar-refractivity contribution in [1.29, 1.82) is 0 Å². The predicted octanol–water partition coefficient (Wildman–Crippen LogP) is 2.49. The molecule has 0 unspecified atom stereocenters. The summed E-state index contributed by atoms with van der Waals surface area (Å²) in [5, 5.41) is 2.52. The summed E-state index contributed by atoms with van der Waals surface area (Å²) < 4.78 is 20.3. The van der Waals surface area contributed by atoms with Crippen LogP contribution in [0.1, 0.15) is 38.0 Å². The molecule has 0 aliphatic rings. The lowest BCUT2D eigenvalue weighted by Crippen LogP contribution is -2.22. The fourth-order valence-corrected chi connectivity index (χ4v) is 2.50. The number of carbonyl (C=O) groups excluding carboxylic acids is 4. The fraction of sp³-hybridized carbons (Fsp3) is 0.238. The molecule has 0 heterocycles. The molecule has 2 aromatic rings. The van der Waals surface area contributed by atoms with Gasteiger partial charge in [0.25, 0.3) is 5.91 Å². The molecule has 0 spiro atoms. The molecule has 0 bridgehead atoms. The average Bonchev–Trinajstić information content (AvgIpc) is 2.77. The minimum Gasteiger partial charge on any atom is -0.490 e. The number of hydrogen-bond donors (Lipinski definition) is 1. The Balaban J connectivity index is 2.18. The van der Waals surface area contributed by atoms with Crippen LogP contribution in [0, 0.1) is 0 Å². The lowest BCUT2D eigenvalue weighted by Gasteiger charge is -2.14. The van der Waals surface area contributed by atoms with E-state index in [9.17, 15) is 19.2 Å². The topological polar surface area (TPSA) is 117 Å². The van der Waals surface area contributed by atoms with Crippen LogP contribution in [0.4, 0.5) is 5.69 Å². The number of anilines is 1. The van der Waals surface area contributed by atoms with Gasteiger partial charge in [-0.15, -0.1) is 0 Å². The minimum atomic E-state index is -0.689. The number of aldehydes is 1. The summed E-state index contributed by atoms with van der Waals surface area (Å²) in [4.78, 5) is 47.0. The van der Waals surface area contributed by atoms with E-state index in [1.54, 1.807) is 6.92 Å². The highest BCUT2D eigenvalue weighted by Crippen LogP contribution is 2.28. The van der Waals surface area contributed by atoms with E-state index in [1.807, 2.05) is 0 Å². The monoisotopic (exact) mass is 415 g/mol. The van der Waals surface area contributed by atoms with Gasteiger partial charge in [0.15, 0.2) is 18.1 Å². The zero-order valence-corrected chi connectivity index (χ0v) is 16.7. The molecular weight excluding hydrogens is 394 g/mol. The minimum absolute atomic E-state index is 0.0591. The molecule has 0 radical (unpaired) electrons. The third kappa shape index (κ3) is 5.57. The number of amides is 1. The Morgan fingerprint density at radius 3 is 2.30 bits per heavy atom. The summed E-state index contributed by atoms with van der Waals surface area (Å²) in [6.45, 7) is 1.70. The predicted molar refractivity (Wildman–Crippen MR) is 106 cm³/mol. The summed E-state index contributed by atoms with van der Waals surface area (Å²) in [5.41, 5.74) is 0.672. The first-order valence-corrected chi connectivity index (χ1v) is 8.88. The Labute approximate surface area is 172 Å². The van der Waals surface area contributed by atoms with Gasteiger partial charge in [0.1, 0.15) is 6.29 Å². The first-order chi connectivity index (χ1) is 14.4. The van der Waals surface area contributed by atoms with Crippen LogP contribution >= 0.6 is 0 Å². The lowest BCUT2D eigenvalue weighted by molar-refractivity contribution is -0.118. The number of methoxy groups -OCH3 is 2. The molecule has 0 aliphatic heterocycles. The van der Waals surface area contributed by atoms with Gasteiger partial charge in [0.05, 0.1) is 37.6 Å². The fourth-order valence-electron chi connectivity index (χ4n) is 2.50. The molecular formula is C21H21NO8. The third-order valence-corrected chi connectivity index (χ3v) is 3.88. The van der Waals surface area contributed by atoms with Crippen molar-refractivity contribution in [3.63, 3.8) is 0 Å². The molecule has 0 fully saturated rings. The average molecular weight is 415 g/mol. The second-order valence-electron chi connectivity index (χ2n) is 5.84. The summed E-state index contributed by atoms with van der Waals surface area (Å²) in [7, 11) is 2.41. The molecule has 0 saturated carbocycles. The Morgan fingerprint density at radius 2 is 1.67 bits per heavy atom. The maximum atomic E-state index is 12.4. The van der Waals surface area contributed by atoms with Gasteiger partial charge in [-0.3, -0.25) is 9.59 Å². The van der Waals surface area contributed by atoms with Crippen LogP contribution < -0.4 is 14.8 Å². The lowest BCUT2D eigenvalue weighted by atomic mass is 10.1. The maximum absolute atomic E-state index is 12.4. The van der Waals surface area contributed by atoms with Crippen LogP contribution in [0.5, 0.6) is 11.5 Å². The number of carbonyl (C=O) groups is 4. The zero-order chi connectivity index (χ0) is 22.1. The highest BCUT2D eigenvalue weighted by Gasteiger charge is 2.18.